The van der Waals surface area contributed by atoms with Gasteiger partial charge in [0.1, 0.15) is 12.6 Å². The highest BCUT2D eigenvalue weighted by atomic mass is 35.5. The Morgan fingerprint density at radius 1 is 0.930 bits per heavy atom. The second kappa shape index (κ2) is 14.1. The van der Waals surface area contributed by atoms with Gasteiger partial charge in [0.2, 0.25) is 11.8 Å². The van der Waals surface area contributed by atoms with E-state index in [4.69, 9.17) is 23.2 Å². The van der Waals surface area contributed by atoms with E-state index in [1.807, 2.05) is 19.1 Å². The van der Waals surface area contributed by atoms with Crippen molar-refractivity contribution >= 4 is 50.7 Å². The predicted octanol–water partition coefficient (Wildman–Crippen LogP) is 7.10. The SMILES string of the molecule is Cc1ccc(S(=O)(=O)N(CC(=O)N(Cc2ccc(Cl)cc2Cl)[C@H](C)C(=O)NC2CCCC2)c2ccc(C(C)C)cc2)cc1. The fraction of sp³-hybridized carbons (Fsp3) is 0.394. The van der Waals surface area contributed by atoms with Crippen molar-refractivity contribution < 1.29 is 18.0 Å². The Labute approximate surface area is 265 Å². The summed E-state index contributed by atoms with van der Waals surface area (Å²) >= 11 is 12.6. The first-order valence-corrected chi connectivity index (χ1v) is 16.8. The number of hydrogen-bond acceptors (Lipinski definition) is 4. The van der Waals surface area contributed by atoms with Crippen LogP contribution in [0.25, 0.3) is 0 Å². The molecule has 0 aromatic heterocycles. The average Bonchev–Trinajstić information content (AvgIpc) is 3.48. The van der Waals surface area contributed by atoms with Crippen molar-refractivity contribution in [3.8, 4) is 0 Å². The number of anilines is 1. The molecule has 0 saturated heterocycles. The summed E-state index contributed by atoms with van der Waals surface area (Å²) in [5.74, 6) is -0.583. The predicted molar refractivity (Wildman–Crippen MR) is 173 cm³/mol. The first-order valence-electron chi connectivity index (χ1n) is 14.6. The lowest BCUT2D eigenvalue weighted by atomic mass is 10.0. The Hall–Kier alpha value is -3.07. The highest BCUT2D eigenvalue weighted by Gasteiger charge is 2.33. The number of hydrogen-bond donors (Lipinski definition) is 1. The first-order chi connectivity index (χ1) is 20.4. The zero-order chi connectivity index (χ0) is 31.3. The van der Waals surface area contributed by atoms with Gasteiger partial charge in [0.25, 0.3) is 10.0 Å². The normalized spacial score (nSPS) is 14.5. The molecule has 10 heteroatoms. The van der Waals surface area contributed by atoms with Gasteiger partial charge < -0.3 is 10.2 Å². The van der Waals surface area contributed by atoms with Crippen molar-refractivity contribution in [3.05, 3.63) is 93.5 Å². The summed E-state index contributed by atoms with van der Waals surface area (Å²) < 4.78 is 29.2. The van der Waals surface area contributed by atoms with Gasteiger partial charge in [-0.05, 0) is 80.1 Å². The van der Waals surface area contributed by atoms with E-state index in [1.54, 1.807) is 49.4 Å². The second-order valence-corrected chi connectivity index (χ2v) is 14.2. The lowest BCUT2D eigenvalue weighted by Gasteiger charge is -2.32. The number of rotatable bonds is 11. The molecule has 43 heavy (non-hydrogen) atoms. The molecule has 230 valence electrons. The number of carbonyl (C=O) groups excluding carboxylic acids is 2. The van der Waals surface area contributed by atoms with Crippen LogP contribution in [0.5, 0.6) is 0 Å². The van der Waals surface area contributed by atoms with Gasteiger partial charge in [-0.25, -0.2) is 8.42 Å². The smallest absolute Gasteiger partial charge is 0.264 e. The van der Waals surface area contributed by atoms with Crippen LogP contribution in [0.4, 0.5) is 5.69 Å². The molecule has 1 aliphatic carbocycles. The fourth-order valence-electron chi connectivity index (χ4n) is 5.20. The van der Waals surface area contributed by atoms with Gasteiger partial charge in [-0.15, -0.1) is 0 Å². The lowest BCUT2D eigenvalue weighted by molar-refractivity contribution is -0.139. The van der Waals surface area contributed by atoms with Crippen LogP contribution >= 0.6 is 23.2 Å². The summed E-state index contributed by atoms with van der Waals surface area (Å²) in [5, 5.41) is 3.86. The molecule has 1 atom stereocenters. The Morgan fingerprint density at radius 2 is 1.56 bits per heavy atom. The van der Waals surface area contributed by atoms with E-state index in [0.717, 1.165) is 41.1 Å². The summed E-state index contributed by atoms with van der Waals surface area (Å²) in [5.41, 5.74) is 2.90. The van der Waals surface area contributed by atoms with Gasteiger partial charge in [0.05, 0.1) is 10.6 Å². The van der Waals surface area contributed by atoms with Crippen molar-refractivity contribution in [2.24, 2.45) is 0 Å². The minimum absolute atomic E-state index is 0.00119. The summed E-state index contributed by atoms with van der Waals surface area (Å²) in [6.45, 7) is 7.12. The third-order valence-corrected chi connectivity index (χ3v) is 10.3. The van der Waals surface area contributed by atoms with E-state index in [-0.39, 0.29) is 29.3 Å². The van der Waals surface area contributed by atoms with Crippen LogP contribution in [0, 0.1) is 6.92 Å². The molecular formula is C33H39Cl2N3O4S. The van der Waals surface area contributed by atoms with Crippen molar-refractivity contribution in [1.82, 2.24) is 10.2 Å². The molecule has 0 heterocycles. The Kier molecular flexibility index (Phi) is 10.8. The van der Waals surface area contributed by atoms with Crippen molar-refractivity contribution in [2.75, 3.05) is 10.8 Å². The third-order valence-electron chi connectivity index (χ3n) is 7.96. The molecule has 0 bridgehead atoms. The molecule has 0 unspecified atom stereocenters. The molecule has 0 spiro atoms. The first kappa shape index (κ1) is 32.8. The Balaban J connectivity index is 1.71. The molecule has 0 aliphatic heterocycles. The summed E-state index contributed by atoms with van der Waals surface area (Å²) in [7, 11) is -4.14. The third kappa shape index (κ3) is 8.11. The maximum Gasteiger partial charge on any atom is 0.264 e. The van der Waals surface area contributed by atoms with Gasteiger partial charge in [0.15, 0.2) is 0 Å². The highest BCUT2D eigenvalue weighted by molar-refractivity contribution is 7.92. The van der Waals surface area contributed by atoms with Crippen molar-refractivity contribution in [1.29, 1.82) is 0 Å². The number of nitrogens with zero attached hydrogens (tertiary/aromatic N) is 2. The van der Waals surface area contributed by atoms with Crippen LogP contribution in [0.2, 0.25) is 10.0 Å². The van der Waals surface area contributed by atoms with E-state index < -0.39 is 28.5 Å². The maximum absolute atomic E-state index is 14.2. The number of nitrogens with one attached hydrogen (secondary N) is 1. The molecule has 1 aliphatic rings. The van der Waals surface area contributed by atoms with E-state index in [2.05, 4.69) is 19.2 Å². The van der Waals surface area contributed by atoms with Crippen LogP contribution in [0.3, 0.4) is 0 Å². The summed E-state index contributed by atoms with van der Waals surface area (Å²) in [6, 6.07) is 17.8. The molecular weight excluding hydrogens is 605 g/mol. The monoisotopic (exact) mass is 643 g/mol. The Morgan fingerprint density at radius 3 is 2.14 bits per heavy atom. The molecule has 1 saturated carbocycles. The molecule has 2 amide bonds. The molecule has 1 N–H and O–H groups in total. The zero-order valence-electron chi connectivity index (χ0n) is 25.0. The van der Waals surface area contributed by atoms with Crippen LogP contribution in [0.1, 0.15) is 69.1 Å². The summed E-state index contributed by atoms with van der Waals surface area (Å²) in [4.78, 5) is 29.0. The largest absolute Gasteiger partial charge is 0.352 e. The molecule has 0 radical (unpaired) electrons. The molecule has 3 aromatic carbocycles. The number of halogens is 2. The number of carbonyl (C=O) groups is 2. The fourth-order valence-corrected chi connectivity index (χ4v) is 7.08. The molecule has 4 rings (SSSR count). The number of benzene rings is 3. The second-order valence-electron chi connectivity index (χ2n) is 11.5. The van der Waals surface area contributed by atoms with Gasteiger partial charge >= 0.3 is 0 Å². The van der Waals surface area contributed by atoms with Gasteiger partial charge in [0, 0.05) is 22.6 Å². The number of aryl methyl sites for hydroxylation is 1. The minimum Gasteiger partial charge on any atom is -0.352 e. The summed E-state index contributed by atoms with van der Waals surface area (Å²) in [6.07, 6.45) is 3.88. The van der Waals surface area contributed by atoms with Gasteiger partial charge in [-0.2, -0.15) is 0 Å². The average molecular weight is 645 g/mol. The molecule has 1 fully saturated rings. The number of amides is 2. The Bertz CT molecular complexity index is 1540. The van der Waals surface area contributed by atoms with Crippen LogP contribution in [0.15, 0.2) is 71.6 Å². The quantitative estimate of drug-likeness (QED) is 0.241. The van der Waals surface area contributed by atoms with E-state index in [0.29, 0.717) is 21.3 Å². The van der Waals surface area contributed by atoms with Crippen LogP contribution in [-0.4, -0.2) is 43.8 Å². The highest BCUT2D eigenvalue weighted by Crippen LogP contribution is 2.28. The lowest BCUT2D eigenvalue weighted by Crippen LogP contribution is -2.52. The van der Waals surface area contributed by atoms with E-state index >= 15 is 0 Å². The van der Waals surface area contributed by atoms with Crippen molar-refractivity contribution in [2.45, 2.75) is 82.8 Å². The van der Waals surface area contributed by atoms with E-state index in [1.165, 1.54) is 17.0 Å². The number of sulfonamides is 1. The zero-order valence-corrected chi connectivity index (χ0v) is 27.3. The van der Waals surface area contributed by atoms with Gasteiger partial charge in [-0.1, -0.05) is 85.8 Å². The van der Waals surface area contributed by atoms with Crippen LogP contribution in [-0.2, 0) is 26.2 Å². The maximum atomic E-state index is 14.2. The van der Waals surface area contributed by atoms with Gasteiger partial charge in [-0.3, -0.25) is 13.9 Å². The molecule has 3 aromatic rings. The van der Waals surface area contributed by atoms with Crippen molar-refractivity contribution in [3.63, 3.8) is 0 Å². The van der Waals surface area contributed by atoms with E-state index in [9.17, 15) is 18.0 Å². The van der Waals surface area contributed by atoms with Crippen LogP contribution < -0.4 is 9.62 Å². The minimum atomic E-state index is -4.14. The topological polar surface area (TPSA) is 86.8 Å². The molecule has 7 nitrogen and oxygen atoms in total. The standard InChI is InChI=1S/C33H39Cl2N3O4S/c1-22(2)25-12-15-29(16-13-25)38(43(41,42)30-17-9-23(3)10-18-30)21-32(39)37(20-26-11-14-27(34)19-31(26)35)24(4)33(40)36-28-7-5-6-8-28/h9-19,22,24,28H,5-8,20-21H2,1-4H3,(H,36,40)/t24-/m1/s1.